The van der Waals surface area contributed by atoms with Gasteiger partial charge in [-0.2, -0.15) is 0 Å². The van der Waals surface area contributed by atoms with Crippen LogP contribution in [-0.2, 0) is 4.79 Å². The summed E-state index contributed by atoms with van der Waals surface area (Å²) in [4.78, 5) is 26.3. The number of amides is 2. The number of hydrogen-bond donors (Lipinski definition) is 2. The molecule has 0 radical (unpaired) electrons. The van der Waals surface area contributed by atoms with Crippen LogP contribution in [-0.4, -0.2) is 17.9 Å². The molecule has 1 fully saturated rings. The number of benzene rings is 2. The highest BCUT2D eigenvalue weighted by molar-refractivity contribution is 6.30. The Hall–Kier alpha value is -2.53. The van der Waals surface area contributed by atoms with E-state index in [4.69, 9.17) is 17.3 Å². The molecule has 2 aromatic carbocycles. The lowest BCUT2D eigenvalue weighted by Crippen LogP contribution is -2.51. The van der Waals surface area contributed by atoms with Crippen LogP contribution >= 0.6 is 11.6 Å². The molecule has 1 heterocycles. The van der Waals surface area contributed by atoms with Gasteiger partial charge in [0.1, 0.15) is 0 Å². The average molecular weight is 398 g/mol. The summed E-state index contributed by atoms with van der Waals surface area (Å²) >= 11 is 6.02. The van der Waals surface area contributed by atoms with Crippen LogP contribution < -0.4 is 16.0 Å². The Balaban J connectivity index is 1.82. The first-order chi connectivity index (χ1) is 13.4. The predicted molar refractivity (Wildman–Crippen MR) is 112 cm³/mol. The highest BCUT2D eigenvalue weighted by atomic mass is 35.5. The van der Waals surface area contributed by atoms with Crippen molar-refractivity contribution in [3.8, 4) is 0 Å². The van der Waals surface area contributed by atoms with E-state index in [1.165, 1.54) is 0 Å². The summed E-state index contributed by atoms with van der Waals surface area (Å²) in [6, 6.07) is 13.0. The molecule has 28 heavy (non-hydrogen) atoms. The van der Waals surface area contributed by atoms with Crippen molar-refractivity contribution in [3.63, 3.8) is 0 Å². The van der Waals surface area contributed by atoms with E-state index in [-0.39, 0.29) is 23.9 Å². The van der Waals surface area contributed by atoms with Crippen molar-refractivity contribution in [1.29, 1.82) is 0 Å². The standard InChI is InChI=1S/C22H24ClN3O2/c1-12-20(25-17-8-6-16(23)7-9-17)18-11-15(22(24)28)5-10-19(18)26(13(2)27)21(12)14-3-4-14/h5-12,14,20-21,25H,3-4H2,1-2H3,(H2,24,28)/t12-,20-,21-/m1/s1. The van der Waals surface area contributed by atoms with Gasteiger partial charge in [-0.1, -0.05) is 18.5 Å². The molecule has 4 rings (SSSR count). The number of carbonyl (C=O) groups is 2. The SMILES string of the molecule is CC(=O)N1c2ccc(C(N)=O)cc2[C@H](Nc2ccc(Cl)cc2)[C@@H](C)[C@@H]1C1CC1. The molecular formula is C22H24ClN3O2. The Morgan fingerprint density at radius 2 is 1.82 bits per heavy atom. The first-order valence-electron chi connectivity index (χ1n) is 9.62. The third kappa shape index (κ3) is 3.35. The van der Waals surface area contributed by atoms with E-state index in [2.05, 4.69) is 12.2 Å². The number of halogens is 1. The summed E-state index contributed by atoms with van der Waals surface area (Å²) in [5.41, 5.74) is 8.70. The zero-order chi connectivity index (χ0) is 20.0. The maximum Gasteiger partial charge on any atom is 0.248 e. The van der Waals surface area contributed by atoms with Gasteiger partial charge in [-0.05, 0) is 66.8 Å². The lowest BCUT2D eigenvalue weighted by atomic mass is 9.79. The first kappa shape index (κ1) is 18.8. The average Bonchev–Trinajstić information content (AvgIpc) is 3.49. The highest BCUT2D eigenvalue weighted by Gasteiger charge is 2.47. The van der Waals surface area contributed by atoms with Crippen LogP contribution in [0.25, 0.3) is 0 Å². The molecule has 146 valence electrons. The fourth-order valence-corrected chi connectivity index (χ4v) is 4.57. The zero-order valence-corrected chi connectivity index (χ0v) is 16.7. The van der Waals surface area contributed by atoms with Gasteiger partial charge in [0.15, 0.2) is 0 Å². The molecule has 1 saturated carbocycles. The van der Waals surface area contributed by atoms with E-state index in [1.54, 1.807) is 13.0 Å². The second kappa shape index (κ2) is 7.13. The molecule has 6 heteroatoms. The molecule has 3 N–H and O–H groups in total. The van der Waals surface area contributed by atoms with Crippen molar-refractivity contribution in [2.24, 2.45) is 17.6 Å². The van der Waals surface area contributed by atoms with E-state index in [0.717, 1.165) is 29.8 Å². The Bertz CT molecular complexity index is 924. The van der Waals surface area contributed by atoms with Crippen molar-refractivity contribution < 1.29 is 9.59 Å². The van der Waals surface area contributed by atoms with Gasteiger partial charge in [0.2, 0.25) is 11.8 Å². The molecule has 0 aromatic heterocycles. The number of anilines is 2. The lowest BCUT2D eigenvalue weighted by molar-refractivity contribution is -0.117. The van der Waals surface area contributed by atoms with Crippen molar-refractivity contribution >= 4 is 34.8 Å². The summed E-state index contributed by atoms with van der Waals surface area (Å²) < 4.78 is 0. The molecule has 0 saturated heterocycles. The maximum atomic E-state index is 12.6. The highest BCUT2D eigenvalue weighted by Crippen LogP contribution is 2.50. The van der Waals surface area contributed by atoms with E-state index in [9.17, 15) is 9.59 Å². The van der Waals surface area contributed by atoms with Gasteiger partial charge in [-0.25, -0.2) is 0 Å². The molecular weight excluding hydrogens is 374 g/mol. The minimum absolute atomic E-state index is 0.0294. The molecule has 2 amide bonds. The number of fused-ring (bicyclic) bond motifs is 1. The van der Waals surface area contributed by atoms with Crippen LogP contribution in [0.15, 0.2) is 42.5 Å². The fraction of sp³-hybridized carbons (Fsp3) is 0.364. The third-order valence-corrected chi connectivity index (χ3v) is 6.13. The number of nitrogens with one attached hydrogen (secondary N) is 1. The molecule has 0 bridgehead atoms. The van der Waals surface area contributed by atoms with E-state index in [0.29, 0.717) is 16.5 Å². The predicted octanol–water partition coefficient (Wildman–Crippen LogP) is 4.37. The maximum absolute atomic E-state index is 12.6. The Kier molecular flexibility index (Phi) is 4.79. The number of primary amides is 1. The normalized spacial score (nSPS) is 23.8. The minimum Gasteiger partial charge on any atom is -0.378 e. The number of nitrogens with zero attached hydrogens (tertiary/aromatic N) is 1. The molecule has 2 aliphatic rings. The van der Waals surface area contributed by atoms with Gasteiger partial charge in [-0.3, -0.25) is 9.59 Å². The Morgan fingerprint density at radius 3 is 2.39 bits per heavy atom. The fourth-order valence-electron chi connectivity index (χ4n) is 4.44. The van der Waals surface area contributed by atoms with Gasteiger partial charge in [0.25, 0.3) is 0 Å². The number of carbonyl (C=O) groups excluding carboxylic acids is 2. The summed E-state index contributed by atoms with van der Waals surface area (Å²) in [5.74, 6) is 0.237. The lowest BCUT2D eigenvalue weighted by Gasteiger charge is -2.46. The van der Waals surface area contributed by atoms with Crippen LogP contribution in [0.3, 0.4) is 0 Å². The Morgan fingerprint density at radius 1 is 1.14 bits per heavy atom. The second-order valence-electron chi connectivity index (χ2n) is 7.84. The topological polar surface area (TPSA) is 75.4 Å². The molecule has 2 aromatic rings. The van der Waals surface area contributed by atoms with Crippen LogP contribution in [0, 0.1) is 11.8 Å². The molecule has 3 atom stereocenters. The van der Waals surface area contributed by atoms with Crippen LogP contribution in [0.4, 0.5) is 11.4 Å². The van der Waals surface area contributed by atoms with Crippen molar-refractivity contribution in [2.75, 3.05) is 10.2 Å². The second-order valence-corrected chi connectivity index (χ2v) is 8.28. The van der Waals surface area contributed by atoms with E-state index >= 15 is 0 Å². The number of nitrogens with two attached hydrogens (primary N) is 1. The van der Waals surface area contributed by atoms with Crippen LogP contribution in [0.1, 0.15) is 48.7 Å². The summed E-state index contributed by atoms with van der Waals surface area (Å²) in [5, 5.41) is 4.28. The summed E-state index contributed by atoms with van der Waals surface area (Å²) in [6.45, 7) is 3.78. The van der Waals surface area contributed by atoms with Gasteiger partial charge >= 0.3 is 0 Å². The van der Waals surface area contributed by atoms with Crippen LogP contribution in [0.2, 0.25) is 5.02 Å². The van der Waals surface area contributed by atoms with Gasteiger partial charge in [0.05, 0.1) is 6.04 Å². The smallest absolute Gasteiger partial charge is 0.248 e. The van der Waals surface area contributed by atoms with Crippen molar-refractivity contribution in [3.05, 3.63) is 58.6 Å². The molecule has 5 nitrogen and oxygen atoms in total. The summed E-state index contributed by atoms with van der Waals surface area (Å²) in [7, 11) is 0. The Labute approximate surface area is 169 Å². The molecule has 1 aliphatic heterocycles. The first-order valence-corrected chi connectivity index (χ1v) is 10.00. The zero-order valence-electron chi connectivity index (χ0n) is 16.0. The minimum atomic E-state index is -0.473. The monoisotopic (exact) mass is 397 g/mol. The quantitative estimate of drug-likeness (QED) is 0.804. The molecule has 0 spiro atoms. The van der Waals surface area contributed by atoms with Gasteiger partial charge in [-0.15, -0.1) is 0 Å². The van der Waals surface area contributed by atoms with E-state index in [1.807, 2.05) is 41.3 Å². The summed E-state index contributed by atoms with van der Waals surface area (Å²) in [6.07, 6.45) is 2.28. The number of hydrogen-bond acceptors (Lipinski definition) is 3. The van der Waals surface area contributed by atoms with Gasteiger partial charge in [0, 0.05) is 40.8 Å². The number of rotatable bonds is 4. The largest absolute Gasteiger partial charge is 0.378 e. The van der Waals surface area contributed by atoms with Gasteiger partial charge < -0.3 is 16.0 Å². The van der Waals surface area contributed by atoms with Crippen LogP contribution in [0.5, 0.6) is 0 Å². The molecule has 0 unspecified atom stereocenters. The third-order valence-electron chi connectivity index (χ3n) is 5.88. The van der Waals surface area contributed by atoms with Crippen molar-refractivity contribution in [2.45, 2.75) is 38.8 Å². The van der Waals surface area contributed by atoms with Crippen molar-refractivity contribution in [1.82, 2.24) is 0 Å². The van der Waals surface area contributed by atoms with E-state index < -0.39 is 5.91 Å². The molecule has 1 aliphatic carbocycles.